The van der Waals surface area contributed by atoms with Crippen LogP contribution in [0.15, 0.2) is 41.3 Å². The van der Waals surface area contributed by atoms with E-state index in [1.807, 2.05) is 0 Å². The second-order valence-corrected chi connectivity index (χ2v) is 12.3. The van der Waals surface area contributed by atoms with Crippen molar-refractivity contribution in [1.82, 2.24) is 20.3 Å². The van der Waals surface area contributed by atoms with Crippen molar-refractivity contribution in [2.75, 3.05) is 53.0 Å². The summed E-state index contributed by atoms with van der Waals surface area (Å²) >= 11 is 0. The molecule has 3 aliphatic rings. The maximum atomic E-state index is 13.4. The maximum absolute atomic E-state index is 13.4. The zero-order chi connectivity index (χ0) is 31.0. The van der Waals surface area contributed by atoms with Crippen molar-refractivity contribution >= 4 is 27.8 Å². The summed E-state index contributed by atoms with van der Waals surface area (Å²) in [5, 5.41) is 16.4. The van der Waals surface area contributed by atoms with Crippen molar-refractivity contribution < 1.29 is 50.6 Å². The lowest BCUT2D eigenvalue weighted by Crippen LogP contribution is -2.66. The standard InChI is InChI=1S/C24H34N4O6S.C2HF3O2/c1-28-13-2-3-14-33-18-24(17-25-12-15-34-24)22(30)27-23(8-5-9-23)10-11-26-21(29)19-6-4-7-20(16-19)35(28,31)32;3-2(4,5)1(6)7/h2-4,6-7,16,25H,5,8-15,17-18H2,1H3,(H,26,29)(H,27,30);(H,6,7)/b3-2+;. The highest BCUT2D eigenvalue weighted by molar-refractivity contribution is 7.89. The van der Waals surface area contributed by atoms with Gasteiger partial charge in [0, 0.05) is 44.3 Å². The van der Waals surface area contributed by atoms with Gasteiger partial charge in [0.15, 0.2) is 5.60 Å². The fraction of sp³-hybridized carbons (Fsp3) is 0.577. The van der Waals surface area contributed by atoms with Crippen LogP contribution in [0.2, 0.25) is 0 Å². The molecule has 2 aliphatic heterocycles. The highest BCUT2D eigenvalue weighted by Crippen LogP contribution is 2.35. The van der Waals surface area contributed by atoms with E-state index in [1.165, 1.54) is 23.5 Å². The summed E-state index contributed by atoms with van der Waals surface area (Å²) in [6, 6.07) is 6.02. The number of nitrogens with zero attached hydrogens (tertiary/aromatic N) is 1. The first kappa shape index (κ1) is 33.5. The van der Waals surface area contributed by atoms with Gasteiger partial charge in [-0.15, -0.1) is 0 Å². The molecule has 2 spiro atoms. The second kappa shape index (κ2) is 13.9. The molecule has 1 aliphatic carbocycles. The number of hydrogen-bond donors (Lipinski definition) is 4. The van der Waals surface area contributed by atoms with Gasteiger partial charge in [0.1, 0.15) is 0 Å². The first-order valence-electron chi connectivity index (χ1n) is 13.3. The molecule has 1 unspecified atom stereocenters. The van der Waals surface area contributed by atoms with Crippen LogP contribution in [-0.4, -0.2) is 106 Å². The van der Waals surface area contributed by atoms with Crippen LogP contribution in [0.5, 0.6) is 0 Å². The van der Waals surface area contributed by atoms with Crippen LogP contribution >= 0.6 is 0 Å². The Morgan fingerprint density at radius 2 is 1.83 bits per heavy atom. The number of benzene rings is 1. The molecule has 42 heavy (non-hydrogen) atoms. The maximum Gasteiger partial charge on any atom is 0.490 e. The van der Waals surface area contributed by atoms with Crippen LogP contribution < -0.4 is 16.0 Å². The molecule has 2 amide bonds. The monoisotopic (exact) mass is 620 g/mol. The van der Waals surface area contributed by atoms with Gasteiger partial charge in [-0.2, -0.15) is 17.5 Å². The van der Waals surface area contributed by atoms with E-state index in [1.54, 1.807) is 24.3 Å². The Balaban J connectivity index is 0.000000616. The van der Waals surface area contributed by atoms with E-state index in [2.05, 4.69) is 16.0 Å². The van der Waals surface area contributed by atoms with Gasteiger partial charge < -0.3 is 30.5 Å². The van der Waals surface area contributed by atoms with E-state index < -0.39 is 33.3 Å². The molecular formula is C26H35F3N4O8S. The van der Waals surface area contributed by atoms with Crippen molar-refractivity contribution in [3.63, 3.8) is 0 Å². The SMILES string of the molecule is CN1C/C=C/COCC2(CNCCO2)C(=O)NC2(CCC2)CCNC(=O)c2cccc(c2)S1(=O)=O.O=C(O)C(F)(F)F. The molecule has 0 aromatic heterocycles. The van der Waals surface area contributed by atoms with Gasteiger partial charge >= 0.3 is 12.1 Å². The van der Waals surface area contributed by atoms with E-state index >= 15 is 0 Å². The highest BCUT2D eigenvalue weighted by Gasteiger charge is 2.47. The quantitative estimate of drug-likeness (QED) is 0.311. The summed E-state index contributed by atoms with van der Waals surface area (Å²) in [5.41, 5.74) is -1.27. The molecule has 1 aromatic carbocycles. The molecule has 2 bridgehead atoms. The van der Waals surface area contributed by atoms with Crippen LogP contribution in [0.3, 0.4) is 0 Å². The number of carboxylic acids is 1. The Kier molecular flexibility index (Phi) is 11.1. The van der Waals surface area contributed by atoms with Crippen molar-refractivity contribution in [2.24, 2.45) is 0 Å². The van der Waals surface area contributed by atoms with E-state index in [9.17, 15) is 31.2 Å². The Morgan fingerprint density at radius 1 is 1.12 bits per heavy atom. The number of rotatable bonds is 0. The first-order chi connectivity index (χ1) is 19.7. The minimum absolute atomic E-state index is 0.0573. The Morgan fingerprint density at radius 3 is 2.43 bits per heavy atom. The number of carbonyl (C=O) groups is 3. The number of morpholine rings is 1. The molecule has 16 heteroatoms. The summed E-state index contributed by atoms with van der Waals surface area (Å²) in [5.74, 6) is -3.32. The predicted molar refractivity (Wildman–Crippen MR) is 143 cm³/mol. The van der Waals surface area contributed by atoms with Crippen LogP contribution in [0.25, 0.3) is 0 Å². The number of sulfonamides is 1. The van der Waals surface area contributed by atoms with Crippen molar-refractivity contribution in [3.05, 3.63) is 42.0 Å². The second-order valence-electron chi connectivity index (χ2n) is 10.2. The molecule has 0 radical (unpaired) electrons. The van der Waals surface area contributed by atoms with Crippen LogP contribution in [0, 0.1) is 0 Å². The Hall–Kier alpha value is -3.05. The van der Waals surface area contributed by atoms with Gasteiger partial charge in [0.2, 0.25) is 10.0 Å². The molecule has 1 aromatic rings. The number of carbonyl (C=O) groups excluding carboxylic acids is 2. The molecule has 4 rings (SSSR count). The molecule has 12 nitrogen and oxygen atoms in total. The third-order valence-electron chi connectivity index (χ3n) is 7.19. The normalized spacial score (nSPS) is 26.2. The first-order valence-corrected chi connectivity index (χ1v) is 14.7. The van der Waals surface area contributed by atoms with Crippen molar-refractivity contribution in [2.45, 2.75) is 47.9 Å². The fourth-order valence-electron chi connectivity index (χ4n) is 4.54. The number of amides is 2. The molecular weight excluding hydrogens is 585 g/mol. The van der Waals surface area contributed by atoms with Gasteiger partial charge in [0.05, 0.1) is 24.7 Å². The molecule has 2 heterocycles. The number of hydrogen-bond acceptors (Lipinski definition) is 8. The summed E-state index contributed by atoms with van der Waals surface area (Å²) in [7, 11) is -2.29. The lowest BCUT2D eigenvalue weighted by atomic mass is 9.74. The lowest BCUT2D eigenvalue weighted by molar-refractivity contribution is -0.192. The Labute approximate surface area is 241 Å². The fourth-order valence-corrected chi connectivity index (χ4v) is 5.70. The molecule has 1 atom stereocenters. The van der Waals surface area contributed by atoms with E-state index in [0.29, 0.717) is 32.7 Å². The van der Waals surface area contributed by atoms with Gasteiger partial charge in [-0.25, -0.2) is 13.2 Å². The summed E-state index contributed by atoms with van der Waals surface area (Å²) in [4.78, 5) is 35.1. The summed E-state index contributed by atoms with van der Waals surface area (Å²) in [6.07, 6.45) is 1.54. The molecule has 234 valence electrons. The average Bonchev–Trinajstić information content (AvgIpc) is 2.93. The third-order valence-corrected chi connectivity index (χ3v) is 9.00. The minimum atomic E-state index is -5.08. The van der Waals surface area contributed by atoms with E-state index in [0.717, 1.165) is 19.3 Å². The van der Waals surface area contributed by atoms with Crippen LogP contribution in [0.4, 0.5) is 13.2 Å². The number of ether oxygens (including phenoxy) is 2. The number of likely N-dealkylation sites (N-methyl/N-ethyl adjacent to an activating group) is 1. The van der Waals surface area contributed by atoms with Crippen LogP contribution in [0.1, 0.15) is 36.0 Å². The average molecular weight is 621 g/mol. The lowest BCUT2D eigenvalue weighted by Gasteiger charge is -2.46. The number of nitrogens with one attached hydrogen (secondary N) is 3. The number of aliphatic carboxylic acids is 1. The number of carboxylic acid groups (broad SMARTS) is 1. The molecule has 1 saturated heterocycles. The van der Waals surface area contributed by atoms with Gasteiger partial charge in [0.25, 0.3) is 11.8 Å². The largest absolute Gasteiger partial charge is 0.490 e. The molecule has 2 fully saturated rings. The van der Waals surface area contributed by atoms with Crippen molar-refractivity contribution in [3.8, 4) is 0 Å². The van der Waals surface area contributed by atoms with Gasteiger partial charge in [-0.1, -0.05) is 18.2 Å². The zero-order valence-electron chi connectivity index (χ0n) is 23.0. The van der Waals surface area contributed by atoms with E-state index in [4.69, 9.17) is 19.4 Å². The number of halogens is 3. The third kappa shape index (κ3) is 8.50. The number of alkyl halides is 3. The highest BCUT2D eigenvalue weighted by atomic mass is 32.2. The van der Waals surface area contributed by atoms with Gasteiger partial charge in [-0.3, -0.25) is 9.59 Å². The molecule has 4 N–H and O–H groups in total. The van der Waals surface area contributed by atoms with Crippen molar-refractivity contribution in [1.29, 1.82) is 0 Å². The smallest absolute Gasteiger partial charge is 0.475 e. The Bertz CT molecular complexity index is 1260. The van der Waals surface area contributed by atoms with Gasteiger partial charge in [-0.05, 0) is 43.9 Å². The van der Waals surface area contributed by atoms with Crippen LogP contribution in [-0.2, 0) is 29.1 Å². The zero-order valence-corrected chi connectivity index (χ0v) is 23.9. The number of fused-ring (bicyclic) bond motifs is 2. The summed E-state index contributed by atoms with van der Waals surface area (Å²) in [6.45, 7) is 2.17. The minimum Gasteiger partial charge on any atom is -0.475 e. The summed E-state index contributed by atoms with van der Waals surface area (Å²) < 4.78 is 70.6. The topological polar surface area (TPSA) is 163 Å². The predicted octanol–water partition coefficient (Wildman–Crippen LogP) is 1.04. The van der Waals surface area contributed by atoms with E-state index in [-0.39, 0.29) is 42.0 Å². The molecule has 1 saturated carbocycles.